The molecule has 0 amide bonds. The third kappa shape index (κ3) is 3.09. The van der Waals surface area contributed by atoms with Crippen molar-refractivity contribution < 1.29 is 0 Å². The Hall–Kier alpha value is -2.80. The number of fused-ring (bicyclic) bond motifs is 1. The van der Waals surface area contributed by atoms with Crippen LogP contribution in [0.1, 0.15) is 6.92 Å². The van der Waals surface area contributed by atoms with Gasteiger partial charge in [0.1, 0.15) is 0 Å². The Balaban J connectivity index is 1.94. The van der Waals surface area contributed by atoms with E-state index in [1.807, 2.05) is 25.1 Å². The van der Waals surface area contributed by atoms with Crippen LogP contribution in [0.2, 0.25) is 0 Å². The zero-order valence-corrected chi connectivity index (χ0v) is 12.7. The molecule has 0 radical (unpaired) electrons. The summed E-state index contributed by atoms with van der Waals surface area (Å²) in [5.41, 5.74) is 2.15. The molecule has 1 N–H and O–H groups in total. The predicted octanol–water partition coefficient (Wildman–Crippen LogP) is 4.05. The monoisotopic (exact) mass is 285 g/mol. The Morgan fingerprint density at radius 2 is 1.64 bits per heavy atom. The van der Waals surface area contributed by atoms with Crippen molar-refractivity contribution in [2.45, 2.75) is 6.92 Å². The number of hydrogen-bond acceptors (Lipinski definition) is 1. The number of rotatable bonds is 3. The van der Waals surface area contributed by atoms with E-state index in [-0.39, 0.29) is 0 Å². The first-order valence-corrected chi connectivity index (χ1v) is 7.44. The topological polar surface area (TPSA) is 12.0 Å². The van der Waals surface area contributed by atoms with Crippen LogP contribution in [0.4, 0.5) is 5.69 Å². The van der Waals surface area contributed by atoms with Crippen molar-refractivity contribution in [3.8, 4) is 0 Å². The predicted molar refractivity (Wildman–Crippen MR) is 97.0 cm³/mol. The second-order valence-corrected chi connectivity index (χ2v) is 5.27. The molecular formula is C21H19N. The standard InChI is InChI=1S/C21H19N/c1-3-20(14-18-10-5-4-8-16(18)2)22-21-13-12-17-9-6-7-11-19(17)15-21/h3-15,22H,2H2,1H3/b18-14-,20-3+. The molecule has 108 valence electrons. The van der Waals surface area contributed by atoms with Gasteiger partial charge in [-0.25, -0.2) is 0 Å². The van der Waals surface area contributed by atoms with Crippen LogP contribution in [0.5, 0.6) is 0 Å². The lowest BCUT2D eigenvalue weighted by Crippen LogP contribution is -2.22. The molecular weight excluding hydrogens is 266 g/mol. The summed E-state index contributed by atoms with van der Waals surface area (Å²) >= 11 is 0. The van der Waals surface area contributed by atoms with E-state index in [1.165, 1.54) is 10.8 Å². The second-order valence-electron chi connectivity index (χ2n) is 5.27. The first kappa shape index (κ1) is 14.2. The third-order valence-corrected chi connectivity index (χ3v) is 3.72. The van der Waals surface area contributed by atoms with Gasteiger partial charge in [0, 0.05) is 11.4 Å². The van der Waals surface area contributed by atoms with Crippen LogP contribution in [-0.2, 0) is 0 Å². The molecule has 1 nitrogen and oxygen atoms in total. The Morgan fingerprint density at radius 3 is 2.41 bits per heavy atom. The van der Waals surface area contributed by atoms with Gasteiger partial charge in [-0.3, -0.25) is 0 Å². The summed E-state index contributed by atoms with van der Waals surface area (Å²) in [7, 11) is 0. The molecule has 3 aromatic rings. The number of nitrogens with one attached hydrogen (secondary N) is 1. The van der Waals surface area contributed by atoms with E-state index < -0.39 is 0 Å². The number of anilines is 1. The van der Waals surface area contributed by atoms with E-state index in [2.05, 4.69) is 72.6 Å². The minimum absolute atomic E-state index is 1.03. The van der Waals surface area contributed by atoms with Crippen LogP contribution in [0, 0.1) is 0 Å². The van der Waals surface area contributed by atoms with Gasteiger partial charge >= 0.3 is 0 Å². The van der Waals surface area contributed by atoms with Crippen molar-refractivity contribution in [2.75, 3.05) is 5.32 Å². The van der Waals surface area contributed by atoms with E-state index in [1.54, 1.807) is 0 Å². The highest BCUT2D eigenvalue weighted by Crippen LogP contribution is 2.20. The number of hydrogen-bond donors (Lipinski definition) is 1. The Kier molecular flexibility index (Phi) is 4.06. The molecule has 0 aliphatic carbocycles. The van der Waals surface area contributed by atoms with Crippen LogP contribution < -0.4 is 15.8 Å². The van der Waals surface area contributed by atoms with Gasteiger partial charge in [-0.15, -0.1) is 0 Å². The molecule has 0 aliphatic rings. The van der Waals surface area contributed by atoms with Crippen LogP contribution >= 0.6 is 0 Å². The van der Waals surface area contributed by atoms with Crippen molar-refractivity contribution in [2.24, 2.45) is 0 Å². The Labute approximate surface area is 130 Å². The quantitative estimate of drug-likeness (QED) is 0.765. The van der Waals surface area contributed by atoms with Crippen molar-refractivity contribution in [1.82, 2.24) is 0 Å². The van der Waals surface area contributed by atoms with Crippen molar-refractivity contribution in [1.29, 1.82) is 0 Å². The van der Waals surface area contributed by atoms with Gasteiger partial charge in [0.25, 0.3) is 0 Å². The van der Waals surface area contributed by atoms with E-state index in [4.69, 9.17) is 0 Å². The molecule has 0 atom stereocenters. The van der Waals surface area contributed by atoms with Gasteiger partial charge < -0.3 is 5.32 Å². The molecule has 0 unspecified atom stereocenters. The number of allylic oxidation sites excluding steroid dienone is 2. The minimum Gasteiger partial charge on any atom is -0.356 e. The normalized spacial score (nSPS) is 12.6. The van der Waals surface area contributed by atoms with Gasteiger partial charge in [-0.2, -0.15) is 0 Å². The molecule has 0 aliphatic heterocycles. The average Bonchev–Trinajstić information content (AvgIpc) is 2.56. The summed E-state index contributed by atoms with van der Waals surface area (Å²) in [6.45, 7) is 6.10. The second kappa shape index (κ2) is 6.31. The van der Waals surface area contributed by atoms with E-state index >= 15 is 0 Å². The molecule has 0 bridgehead atoms. The van der Waals surface area contributed by atoms with Gasteiger partial charge in [0.2, 0.25) is 0 Å². The van der Waals surface area contributed by atoms with E-state index in [0.29, 0.717) is 0 Å². The molecule has 0 spiro atoms. The molecule has 0 fully saturated rings. The maximum atomic E-state index is 4.07. The maximum Gasteiger partial charge on any atom is 0.0390 e. The highest BCUT2D eigenvalue weighted by Gasteiger charge is 1.97. The molecule has 3 aromatic carbocycles. The third-order valence-electron chi connectivity index (χ3n) is 3.72. The smallest absolute Gasteiger partial charge is 0.0390 e. The highest BCUT2D eigenvalue weighted by atomic mass is 14.9. The fourth-order valence-corrected chi connectivity index (χ4v) is 2.47. The first-order chi connectivity index (χ1) is 10.8. The van der Waals surface area contributed by atoms with Crippen LogP contribution in [0.3, 0.4) is 0 Å². The summed E-state index contributed by atoms with van der Waals surface area (Å²) in [6, 6.07) is 22.9. The van der Waals surface area contributed by atoms with Crippen LogP contribution in [0.25, 0.3) is 23.4 Å². The number of benzene rings is 3. The van der Waals surface area contributed by atoms with E-state index in [0.717, 1.165) is 21.8 Å². The molecule has 0 heterocycles. The summed E-state index contributed by atoms with van der Waals surface area (Å²) in [6.07, 6.45) is 4.19. The van der Waals surface area contributed by atoms with Crippen molar-refractivity contribution in [3.05, 3.63) is 88.9 Å². The summed E-state index contributed by atoms with van der Waals surface area (Å²) < 4.78 is 0. The summed E-state index contributed by atoms with van der Waals surface area (Å²) in [5, 5.41) is 8.12. The van der Waals surface area contributed by atoms with Crippen LogP contribution in [-0.4, -0.2) is 0 Å². The van der Waals surface area contributed by atoms with Crippen LogP contribution in [0.15, 0.2) is 78.5 Å². The van der Waals surface area contributed by atoms with Gasteiger partial charge in [-0.1, -0.05) is 67.3 Å². The van der Waals surface area contributed by atoms with E-state index in [9.17, 15) is 0 Å². The lowest BCUT2D eigenvalue weighted by Gasteiger charge is -2.08. The SMILES string of the molecule is C=c1cccc/c1=C/C(=C\C)Nc1ccc2ccccc2c1. The molecule has 1 heteroatoms. The fraction of sp³-hybridized carbons (Fsp3) is 0.0476. The maximum absolute atomic E-state index is 4.07. The van der Waals surface area contributed by atoms with Crippen molar-refractivity contribution >= 4 is 29.1 Å². The molecule has 0 saturated carbocycles. The lowest BCUT2D eigenvalue weighted by atomic mass is 10.1. The molecule has 3 rings (SSSR count). The fourth-order valence-electron chi connectivity index (χ4n) is 2.47. The van der Waals surface area contributed by atoms with Gasteiger partial charge in [0.15, 0.2) is 0 Å². The minimum atomic E-state index is 1.03. The molecule has 22 heavy (non-hydrogen) atoms. The molecule has 0 aromatic heterocycles. The molecule has 0 saturated heterocycles. The Bertz CT molecular complexity index is 935. The summed E-state index contributed by atoms with van der Waals surface area (Å²) in [4.78, 5) is 0. The largest absolute Gasteiger partial charge is 0.356 e. The average molecular weight is 285 g/mol. The lowest BCUT2D eigenvalue weighted by molar-refractivity contribution is 1.46. The first-order valence-electron chi connectivity index (χ1n) is 7.44. The van der Waals surface area contributed by atoms with Gasteiger partial charge in [0.05, 0.1) is 0 Å². The Morgan fingerprint density at radius 1 is 0.909 bits per heavy atom. The zero-order chi connectivity index (χ0) is 15.4. The highest BCUT2D eigenvalue weighted by molar-refractivity contribution is 5.86. The van der Waals surface area contributed by atoms with Crippen molar-refractivity contribution in [3.63, 3.8) is 0 Å². The van der Waals surface area contributed by atoms with Gasteiger partial charge in [-0.05, 0) is 46.3 Å². The summed E-state index contributed by atoms with van der Waals surface area (Å²) in [5.74, 6) is 0. The zero-order valence-electron chi connectivity index (χ0n) is 12.7.